The molecule has 1 heterocycles. The molecule has 2 aromatic carbocycles. The molecular weight excluding hydrogens is 332 g/mol. The van der Waals surface area contributed by atoms with Crippen molar-refractivity contribution in [3.05, 3.63) is 60.3 Å². The first-order valence-corrected chi connectivity index (χ1v) is 8.49. The van der Waals surface area contributed by atoms with Gasteiger partial charge >= 0.3 is 5.97 Å². The summed E-state index contributed by atoms with van der Waals surface area (Å²) in [7, 11) is 0. The first-order valence-electron chi connectivity index (χ1n) is 8.49. The van der Waals surface area contributed by atoms with Gasteiger partial charge < -0.3 is 14.2 Å². The number of carbonyl (C=O) groups excluding carboxylic acids is 2. The van der Waals surface area contributed by atoms with Crippen LogP contribution < -0.4 is 4.90 Å². The van der Waals surface area contributed by atoms with E-state index in [9.17, 15) is 9.59 Å². The predicted molar refractivity (Wildman–Crippen MR) is 97.7 cm³/mol. The van der Waals surface area contributed by atoms with Crippen LogP contribution in [0.25, 0.3) is 11.0 Å². The van der Waals surface area contributed by atoms with Crippen molar-refractivity contribution in [1.29, 1.82) is 0 Å². The van der Waals surface area contributed by atoms with E-state index in [0.717, 1.165) is 11.1 Å². The Hall–Kier alpha value is -3.15. The predicted octanol–water partition coefficient (Wildman–Crippen LogP) is 3.36. The van der Waals surface area contributed by atoms with Gasteiger partial charge in [-0.2, -0.15) is 0 Å². The molecule has 0 unspecified atom stereocenters. The summed E-state index contributed by atoms with van der Waals surface area (Å²) in [5.41, 5.74) is 1.88. The van der Waals surface area contributed by atoms with E-state index in [-0.39, 0.29) is 12.3 Å². The molecule has 6 heteroatoms. The molecule has 0 radical (unpaired) electrons. The maximum Gasteiger partial charge on any atom is 0.312 e. The number of rotatable bonds is 6. The molecular formula is C20H20N2O4. The Morgan fingerprint density at radius 1 is 1.12 bits per heavy atom. The Morgan fingerprint density at radius 3 is 2.54 bits per heavy atom. The minimum Gasteiger partial charge on any atom is -0.452 e. The summed E-state index contributed by atoms with van der Waals surface area (Å²) >= 11 is 0. The van der Waals surface area contributed by atoms with E-state index in [4.69, 9.17) is 9.26 Å². The molecule has 3 aromatic rings. The van der Waals surface area contributed by atoms with Gasteiger partial charge in [0.15, 0.2) is 11.7 Å². The number of para-hydroxylation sites is 2. The summed E-state index contributed by atoms with van der Waals surface area (Å²) in [4.78, 5) is 26.5. The lowest BCUT2D eigenvalue weighted by molar-refractivity contribution is -0.153. The minimum atomic E-state index is -0.888. The maximum absolute atomic E-state index is 12.6. The van der Waals surface area contributed by atoms with Crippen LogP contribution in [0, 0.1) is 0 Å². The second kappa shape index (κ2) is 7.82. The average Bonchev–Trinajstić information content (AvgIpc) is 3.06. The number of hydrogen-bond donors (Lipinski definition) is 0. The van der Waals surface area contributed by atoms with Gasteiger partial charge in [0.1, 0.15) is 5.69 Å². The Bertz CT molecular complexity index is 904. The van der Waals surface area contributed by atoms with E-state index >= 15 is 0 Å². The van der Waals surface area contributed by atoms with Crippen molar-refractivity contribution in [2.45, 2.75) is 26.4 Å². The van der Waals surface area contributed by atoms with Gasteiger partial charge in [0.2, 0.25) is 0 Å². The summed E-state index contributed by atoms with van der Waals surface area (Å²) < 4.78 is 10.5. The molecule has 26 heavy (non-hydrogen) atoms. The third kappa shape index (κ3) is 3.74. The lowest BCUT2D eigenvalue weighted by atomic mass is 10.2. The number of esters is 1. The molecule has 0 saturated heterocycles. The number of likely N-dealkylation sites (N-methyl/N-ethyl adjacent to an activating group) is 1. The lowest BCUT2D eigenvalue weighted by Gasteiger charge is -2.24. The lowest BCUT2D eigenvalue weighted by Crippen LogP contribution is -2.40. The zero-order valence-electron chi connectivity index (χ0n) is 14.7. The third-order valence-corrected chi connectivity index (χ3v) is 4.07. The Balaban J connectivity index is 1.65. The fraction of sp³-hybridized carbons (Fsp3) is 0.250. The number of carbonyl (C=O) groups is 2. The van der Waals surface area contributed by atoms with Crippen LogP contribution in [0.1, 0.15) is 19.5 Å². The van der Waals surface area contributed by atoms with Crippen molar-refractivity contribution in [2.24, 2.45) is 0 Å². The van der Waals surface area contributed by atoms with Gasteiger partial charge in [-0.15, -0.1) is 0 Å². The molecule has 0 N–H and O–H groups in total. The van der Waals surface area contributed by atoms with Crippen molar-refractivity contribution in [3.63, 3.8) is 0 Å². The molecule has 0 bridgehead atoms. The van der Waals surface area contributed by atoms with Crippen LogP contribution in [-0.4, -0.2) is 29.7 Å². The van der Waals surface area contributed by atoms with Crippen LogP contribution in [0.5, 0.6) is 0 Å². The van der Waals surface area contributed by atoms with Crippen LogP contribution in [0.4, 0.5) is 5.69 Å². The molecule has 1 aromatic heterocycles. The number of anilines is 1. The maximum atomic E-state index is 12.6. The van der Waals surface area contributed by atoms with E-state index in [1.165, 1.54) is 0 Å². The number of aromatic nitrogens is 1. The van der Waals surface area contributed by atoms with Crippen molar-refractivity contribution >= 4 is 28.5 Å². The highest BCUT2D eigenvalue weighted by atomic mass is 16.5. The first kappa shape index (κ1) is 17.7. The smallest absolute Gasteiger partial charge is 0.312 e. The topological polar surface area (TPSA) is 72.6 Å². The summed E-state index contributed by atoms with van der Waals surface area (Å²) in [6, 6.07) is 16.6. The van der Waals surface area contributed by atoms with Gasteiger partial charge in [-0.25, -0.2) is 0 Å². The van der Waals surface area contributed by atoms with Crippen LogP contribution in [0.2, 0.25) is 0 Å². The molecule has 1 atom stereocenters. The molecule has 0 saturated carbocycles. The minimum absolute atomic E-state index is 0.0495. The summed E-state index contributed by atoms with van der Waals surface area (Å²) in [5, 5.41) is 4.68. The molecule has 0 aliphatic carbocycles. The highest BCUT2D eigenvalue weighted by molar-refractivity contribution is 5.97. The Labute approximate surface area is 151 Å². The second-order valence-electron chi connectivity index (χ2n) is 5.85. The van der Waals surface area contributed by atoms with Crippen molar-refractivity contribution in [1.82, 2.24) is 5.16 Å². The third-order valence-electron chi connectivity index (χ3n) is 4.07. The average molecular weight is 352 g/mol. The van der Waals surface area contributed by atoms with Crippen molar-refractivity contribution in [3.8, 4) is 0 Å². The summed E-state index contributed by atoms with van der Waals surface area (Å²) in [6.45, 7) is 3.94. The van der Waals surface area contributed by atoms with Crippen LogP contribution in [-0.2, 0) is 20.7 Å². The number of benzene rings is 2. The molecule has 3 rings (SSSR count). The van der Waals surface area contributed by atoms with E-state index < -0.39 is 12.1 Å². The standard InChI is InChI=1S/C20H20N2O4/c1-3-22(15-9-5-4-6-10-15)20(24)14(2)25-19(23)13-17-16-11-7-8-12-18(16)26-21-17/h4-12,14H,3,13H2,1-2H3/t14-/m1/s1. The van der Waals surface area contributed by atoms with Gasteiger partial charge in [-0.3, -0.25) is 9.59 Å². The van der Waals surface area contributed by atoms with Gasteiger partial charge in [0.25, 0.3) is 5.91 Å². The Morgan fingerprint density at radius 2 is 1.81 bits per heavy atom. The first-order chi connectivity index (χ1) is 12.6. The quantitative estimate of drug-likeness (QED) is 0.636. The molecule has 0 aliphatic heterocycles. The molecule has 0 fully saturated rings. The van der Waals surface area contributed by atoms with E-state index in [1.54, 1.807) is 17.9 Å². The van der Waals surface area contributed by atoms with Gasteiger partial charge in [0.05, 0.1) is 6.42 Å². The zero-order chi connectivity index (χ0) is 18.5. The van der Waals surface area contributed by atoms with Crippen molar-refractivity contribution < 1.29 is 18.8 Å². The monoisotopic (exact) mass is 352 g/mol. The summed E-state index contributed by atoms with van der Waals surface area (Å²) in [6.07, 6.45) is -0.938. The number of nitrogens with zero attached hydrogens (tertiary/aromatic N) is 2. The molecule has 6 nitrogen and oxygen atoms in total. The van der Waals surface area contributed by atoms with E-state index in [1.807, 2.05) is 55.5 Å². The number of ether oxygens (including phenoxy) is 1. The SMILES string of the molecule is CCN(C(=O)[C@@H](C)OC(=O)Cc1noc2ccccc12)c1ccccc1. The zero-order valence-corrected chi connectivity index (χ0v) is 14.7. The molecule has 134 valence electrons. The van der Waals surface area contributed by atoms with Gasteiger partial charge in [-0.05, 0) is 38.1 Å². The Kier molecular flexibility index (Phi) is 5.31. The highest BCUT2D eigenvalue weighted by Crippen LogP contribution is 2.19. The number of hydrogen-bond acceptors (Lipinski definition) is 5. The normalized spacial score (nSPS) is 11.9. The fourth-order valence-electron chi connectivity index (χ4n) is 2.78. The van der Waals surface area contributed by atoms with Crippen LogP contribution in [0.3, 0.4) is 0 Å². The number of fused-ring (bicyclic) bond motifs is 1. The second-order valence-corrected chi connectivity index (χ2v) is 5.85. The van der Waals surface area contributed by atoms with Crippen LogP contribution >= 0.6 is 0 Å². The molecule has 1 amide bonds. The van der Waals surface area contributed by atoms with Gasteiger partial charge in [0, 0.05) is 17.6 Å². The number of amides is 1. The fourth-order valence-corrected chi connectivity index (χ4v) is 2.78. The molecule has 0 spiro atoms. The van der Waals surface area contributed by atoms with E-state index in [2.05, 4.69) is 5.16 Å². The largest absolute Gasteiger partial charge is 0.452 e. The van der Waals surface area contributed by atoms with E-state index in [0.29, 0.717) is 17.8 Å². The molecule has 0 aliphatic rings. The van der Waals surface area contributed by atoms with Crippen molar-refractivity contribution in [2.75, 3.05) is 11.4 Å². The highest BCUT2D eigenvalue weighted by Gasteiger charge is 2.24. The van der Waals surface area contributed by atoms with Crippen LogP contribution in [0.15, 0.2) is 59.1 Å². The van der Waals surface area contributed by atoms with Gasteiger partial charge in [-0.1, -0.05) is 35.5 Å². The summed E-state index contributed by atoms with van der Waals surface area (Å²) in [5.74, 6) is -0.786.